The molecule has 0 aliphatic rings. The second-order valence-electron chi connectivity index (χ2n) is 6.68. The molecule has 0 spiro atoms. The van der Waals surface area contributed by atoms with Crippen molar-refractivity contribution in [1.82, 2.24) is 0 Å². The van der Waals surface area contributed by atoms with Gasteiger partial charge in [0.15, 0.2) is 0 Å². The standard InChI is InChI=1S/C24H17Cl3N2O2/c1-15-2-7-20(12-22(15)26)29-24(30)18(13-28)10-16-3-8-21(9-4-16)31-14-17-5-6-19(25)11-23(17)27/h2-12H,14H2,1H3,(H,29,30)/b18-10-. The Hall–Kier alpha value is -2.97. The van der Waals surface area contributed by atoms with Crippen molar-refractivity contribution in [2.75, 3.05) is 5.32 Å². The lowest BCUT2D eigenvalue weighted by atomic mass is 10.1. The van der Waals surface area contributed by atoms with E-state index in [1.54, 1.807) is 60.7 Å². The van der Waals surface area contributed by atoms with Crippen LogP contribution in [-0.2, 0) is 11.4 Å². The number of nitrogens with one attached hydrogen (secondary N) is 1. The first-order chi connectivity index (χ1) is 14.9. The van der Waals surface area contributed by atoms with Crippen LogP contribution in [0.1, 0.15) is 16.7 Å². The monoisotopic (exact) mass is 470 g/mol. The molecule has 0 aliphatic carbocycles. The smallest absolute Gasteiger partial charge is 0.266 e. The first-order valence-corrected chi connectivity index (χ1v) is 10.3. The van der Waals surface area contributed by atoms with Crippen LogP contribution in [-0.4, -0.2) is 5.91 Å². The van der Waals surface area contributed by atoms with E-state index in [0.717, 1.165) is 11.1 Å². The van der Waals surface area contributed by atoms with Crippen molar-refractivity contribution in [2.45, 2.75) is 13.5 Å². The van der Waals surface area contributed by atoms with Gasteiger partial charge >= 0.3 is 0 Å². The van der Waals surface area contributed by atoms with Gasteiger partial charge in [0.05, 0.1) is 0 Å². The average molecular weight is 472 g/mol. The zero-order valence-corrected chi connectivity index (χ0v) is 18.7. The molecule has 0 saturated carbocycles. The van der Waals surface area contributed by atoms with Gasteiger partial charge in [0.1, 0.15) is 24.0 Å². The lowest BCUT2D eigenvalue weighted by Crippen LogP contribution is -2.13. The summed E-state index contributed by atoms with van der Waals surface area (Å²) in [6.45, 7) is 2.15. The number of aryl methyl sites for hydroxylation is 1. The molecule has 1 amide bonds. The van der Waals surface area contributed by atoms with E-state index in [2.05, 4.69) is 5.32 Å². The first-order valence-electron chi connectivity index (χ1n) is 9.22. The van der Waals surface area contributed by atoms with Gasteiger partial charge in [-0.1, -0.05) is 59.1 Å². The molecule has 7 heteroatoms. The molecule has 0 bridgehead atoms. The number of halogens is 3. The summed E-state index contributed by atoms with van der Waals surface area (Å²) in [6, 6.07) is 19.3. The molecule has 0 atom stereocenters. The second-order valence-corrected chi connectivity index (χ2v) is 7.93. The number of ether oxygens (including phenoxy) is 1. The van der Waals surface area contributed by atoms with Crippen LogP contribution in [0.4, 0.5) is 5.69 Å². The number of rotatable bonds is 6. The topological polar surface area (TPSA) is 62.1 Å². The Morgan fingerprint density at radius 2 is 1.77 bits per heavy atom. The van der Waals surface area contributed by atoms with Crippen molar-refractivity contribution in [3.63, 3.8) is 0 Å². The van der Waals surface area contributed by atoms with Crippen LogP contribution in [0.3, 0.4) is 0 Å². The van der Waals surface area contributed by atoms with Gasteiger partial charge in [0, 0.05) is 26.3 Å². The maximum atomic E-state index is 12.4. The van der Waals surface area contributed by atoms with Gasteiger partial charge < -0.3 is 10.1 Å². The highest BCUT2D eigenvalue weighted by atomic mass is 35.5. The van der Waals surface area contributed by atoms with Crippen LogP contribution in [0.25, 0.3) is 6.08 Å². The number of hydrogen-bond acceptors (Lipinski definition) is 3. The lowest BCUT2D eigenvalue weighted by molar-refractivity contribution is -0.112. The van der Waals surface area contributed by atoms with Crippen molar-refractivity contribution >= 4 is 52.5 Å². The Bertz CT molecular complexity index is 1180. The van der Waals surface area contributed by atoms with E-state index >= 15 is 0 Å². The van der Waals surface area contributed by atoms with Crippen molar-refractivity contribution in [2.24, 2.45) is 0 Å². The van der Waals surface area contributed by atoms with Gasteiger partial charge in [-0.25, -0.2) is 0 Å². The summed E-state index contributed by atoms with van der Waals surface area (Å²) >= 11 is 18.1. The van der Waals surface area contributed by atoms with Crippen molar-refractivity contribution in [3.8, 4) is 11.8 Å². The van der Waals surface area contributed by atoms with E-state index in [0.29, 0.717) is 32.1 Å². The van der Waals surface area contributed by atoms with E-state index < -0.39 is 5.91 Å². The molecule has 0 unspecified atom stereocenters. The Morgan fingerprint density at radius 1 is 1.03 bits per heavy atom. The number of carbonyl (C=O) groups is 1. The fourth-order valence-electron chi connectivity index (χ4n) is 2.64. The molecule has 1 N–H and O–H groups in total. The minimum atomic E-state index is -0.514. The normalized spacial score (nSPS) is 11.0. The zero-order chi connectivity index (χ0) is 22.4. The van der Waals surface area contributed by atoms with Crippen molar-refractivity contribution < 1.29 is 9.53 Å². The Labute approximate surface area is 195 Å². The molecule has 31 heavy (non-hydrogen) atoms. The van der Waals surface area contributed by atoms with Crippen molar-refractivity contribution in [3.05, 3.63) is 98.0 Å². The largest absolute Gasteiger partial charge is 0.489 e. The predicted octanol–water partition coefficient (Wildman–Crippen LogP) is 7.08. The maximum absolute atomic E-state index is 12.4. The number of amides is 1. The molecule has 0 fully saturated rings. The molecular formula is C24H17Cl3N2O2. The molecule has 0 saturated heterocycles. The molecule has 3 aromatic carbocycles. The van der Waals surface area contributed by atoms with Gasteiger partial charge in [-0.15, -0.1) is 0 Å². The third-order valence-corrected chi connectivity index (χ3v) is 5.39. The average Bonchev–Trinajstić information content (AvgIpc) is 2.75. The fourth-order valence-corrected chi connectivity index (χ4v) is 3.29. The molecule has 0 radical (unpaired) electrons. The van der Waals surface area contributed by atoms with E-state index in [9.17, 15) is 10.1 Å². The van der Waals surface area contributed by atoms with Gasteiger partial charge in [-0.3, -0.25) is 4.79 Å². The van der Waals surface area contributed by atoms with E-state index in [4.69, 9.17) is 39.5 Å². The summed E-state index contributed by atoms with van der Waals surface area (Å²) in [6.07, 6.45) is 1.50. The molecule has 3 rings (SSSR count). The second kappa shape index (κ2) is 10.4. The van der Waals surface area contributed by atoms with Crippen LogP contribution < -0.4 is 10.1 Å². The minimum absolute atomic E-state index is 0.0293. The van der Waals surface area contributed by atoms with Gasteiger partial charge in [0.25, 0.3) is 5.91 Å². The lowest BCUT2D eigenvalue weighted by Gasteiger charge is -2.09. The number of nitrogens with zero attached hydrogens (tertiary/aromatic N) is 1. The summed E-state index contributed by atoms with van der Waals surface area (Å²) < 4.78 is 5.74. The Morgan fingerprint density at radius 3 is 2.42 bits per heavy atom. The van der Waals surface area contributed by atoms with E-state index in [1.807, 2.05) is 13.0 Å². The Kier molecular flexibility index (Phi) is 7.59. The summed E-state index contributed by atoms with van der Waals surface area (Å²) in [4.78, 5) is 12.4. The zero-order valence-electron chi connectivity index (χ0n) is 16.5. The highest BCUT2D eigenvalue weighted by molar-refractivity contribution is 6.35. The summed E-state index contributed by atoms with van der Waals surface area (Å²) in [7, 11) is 0. The highest BCUT2D eigenvalue weighted by Gasteiger charge is 2.10. The number of carbonyl (C=O) groups excluding carboxylic acids is 1. The van der Waals surface area contributed by atoms with Gasteiger partial charge in [-0.05, 0) is 60.5 Å². The number of nitriles is 1. The first kappa shape index (κ1) is 22.7. The number of benzene rings is 3. The van der Waals surface area contributed by atoms with Crippen LogP contribution >= 0.6 is 34.8 Å². The maximum Gasteiger partial charge on any atom is 0.266 e. The van der Waals surface area contributed by atoms with Gasteiger partial charge in [-0.2, -0.15) is 5.26 Å². The molecule has 4 nitrogen and oxygen atoms in total. The molecule has 0 aliphatic heterocycles. The molecule has 0 heterocycles. The molecule has 156 valence electrons. The highest BCUT2D eigenvalue weighted by Crippen LogP contribution is 2.24. The van der Waals surface area contributed by atoms with Crippen LogP contribution in [0.5, 0.6) is 5.75 Å². The van der Waals surface area contributed by atoms with Crippen LogP contribution in [0, 0.1) is 18.3 Å². The predicted molar refractivity (Wildman–Crippen MR) is 126 cm³/mol. The summed E-state index contributed by atoms with van der Waals surface area (Å²) in [5.74, 6) is 0.112. The fraction of sp³-hybridized carbons (Fsp3) is 0.0833. The number of hydrogen-bond donors (Lipinski definition) is 1. The van der Waals surface area contributed by atoms with Gasteiger partial charge in [0.2, 0.25) is 0 Å². The number of anilines is 1. The SMILES string of the molecule is Cc1ccc(NC(=O)/C(C#N)=C\c2ccc(OCc3ccc(Cl)cc3Cl)cc2)cc1Cl. The van der Waals surface area contributed by atoms with Crippen molar-refractivity contribution in [1.29, 1.82) is 5.26 Å². The summed E-state index contributed by atoms with van der Waals surface area (Å²) in [5.41, 5.74) is 2.89. The van der Waals surface area contributed by atoms with E-state index in [-0.39, 0.29) is 12.2 Å². The molecule has 0 aromatic heterocycles. The quantitative estimate of drug-likeness (QED) is 0.308. The summed E-state index contributed by atoms with van der Waals surface area (Å²) in [5, 5.41) is 13.7. The third-order valence-electron chi connectivity index (χ3n) is 4.40. The Balaban J connectivity index is 1.66. The minimum Gasteiger partial charge on any atom is -0.489 e. The van der Waals surface area contributed by atoms with Crippen LogP contribution in [0.15, 0.2) is 66.2 Å². The third kappa shape index (κ3) is 6.26. The van der Waals surface area contributed by atoms with E-state index in [1.165, 1.54) is 6.08 Å². The molecular weight excluding hydrogens is 455 g/mol. The molecule has 3 aromatic rings. The van der Waals surface area contributed by atoms with Crippen LogP contribution in [0.2, 0.25) is 15.1 Å².